The Labute approximate surface area is 288 Å². The van der Waals surface area contributed by atoms with Crippen molar-refractivity contribution < 1.29 is 9.68 Å². The number of hydrogen-bond donors (Lipinski definition) is 2. The van der Waals surface area contributed by atoms with Crippen molar-refractivity contribution in [2.24, 2.45) is 0 Å². The number of hydrogen-bond acceptors (Lipinski definition) is 6. The standard InChI is InChI=1S/C40H82N4O2/c1-11-13-15-17-21-25-29-45-43-37(3,4)31-35(32-38(43,5)6)41-27-23-19-20-24-28-42-36-33-39(7,8)44(40(9,10)34-36)46-30-26-22-18-16-14-12-2/h35-36,41-42H,11-34H2,1-10H3. The molecule has 0 aromatic rings. The molecule has 0 aromatic heterocycles. The first kappa shape index (κ1) is 41.9. The van der Waals surface area contributed by atoms with E-state index in [9.17, 15) is 0 Å². The predicted molar refractivity (Wildman–Crippen MR) is 199 cm³/mol. The lowest BCUT2D eigenvalue weighted by Crippen LogP contribution is -2.63. The summed E-state index contributed by atoms with van der Waals surface area (Å²) < 4.78 is 0. The van der Waals surface area contributed by atoms with E-state index in [1.165, 1.54) is 103 Å². The van der Waals surface area contributed by atoms with Gasteiger partial charge in [0.1, 0.15) is 0 Å². The molecule has 0 unspecified atom stereocenters. The molecule has 2 saturated heterocycles. The van der Waals surface area contributed by atoms with E-state index in [1.54, 1.807) is 0 Å². The Morgan fingerprint density at radius 2 is 0.717 bits per heavy atom. The van der Waals surface area contributed by atoms with E-state index in [0.29, 0.717) is 12.1 Å². The number of piperidine rings is 2. The van der Waals surface area contributed by atoms with Crippen molar-refractivity contribution >= 4 is 0 Å². The predicted octanol–water partition coefficient (Wildman–Crippen LogP) is 10.4. The van der Waals surface area contributed by atoms with Crippen LogP contribution in [0.15, 0.2) is 0 Å². The van der Waals surface area contributed by atoms with Gasteiger partial charge in [0.05, 0.1) is 13.2 Å². The van der Waals surface area contributed by atoms with E-state index in [2.05, 4.69) is 90.0 Å². The van der Waals surface area contributed by atoms with Crippen LogP contribution in [0, 0.1) is 0 Å². The highest BCUT2D eigenvalue weighted by molar-refractivity contribution is 5.00. The van der Waals surface area contributed by atoms with Crippen LogP contribution in [-0.2, 0) is 9.68 Å². The average molecular weight is 651 g/mol. The lowest BCUT2D eigenvalue weighted by atomic mass is 9.79. The van der Waals surface area contributed by atoms with Gasteiger partial charge in [0.25, 0.3) is 0 Å². The Kier molecular flexibility index (Phi) is 19.2. The van der Waals surface area contributed by atoms with Crippen molar-refractivity contribution in [1.29, 1.82) is 0 Å². The summed E-state index contributed by atoms with van der Waals surface area (Å²) in [5, 5.41) is 12.5. The lowest BCUT2D eigenvalue weighted by molar-refractivity contribution is -0.284. The van der Waals surface area contributed by atoms with Gasteiger partial charge in [-0.05, 0) is 120 Å². The first-order chi connectivity index (χ1) is 21.7. The maximum Gasteiger partial charge on any atom is 0.0685 e. The van der Waals surface area contributed by atoms with Gasteiger partial charge in [-0.15, -0.1) is 0 Å². The molecule has 2 rings (SSSR count). The summed E-state index contributed by atoms with van der Waals surface area (Å²) in [5.74, 6) is 0. The van der Waals surface area contributed by atoms with E-state index >= 15 is 0 Å². The van der Waals surface area contributed by atoms with Crippen LogP contribution >= 0.6 is 0 Å². The Morgan fingerprint density at radius 3 is 1.04 bits per heavy atom. The number of hydroxylamine groups is 4. The average Bonchev–Trinajstić information content (AvgIpc) is 2.94. The minimum Gasteiger partial charge on any atom is -0.314 e. The molecular weight excluding hydrogens is 568 g/mol. The quantitative estimate of drug-likeness (QED) is 0.0959. The summed E-state index contributed by atoms with van der Waals surface area (Å²) in [6.07, 6.45) is 25.4. The smallest absolute Gasteiger partial charge is 0.0685 e. The fraction of sp³-hybridized carbons (Fsp3) is 1.00. The van der Waals surface area contributed by atoms with Crippen LogP contribution in [0.1, 0.15) is 198 Å². The minimum atomic E-state index is 0.0482. The number of rotatable bonds is 25. The molecule has 2 aliphatic heterocycles. The molecule has 6 nitrogen and oxygen atoms in total. The summed E-state index contributed by atoms with van der Waals surface area (Å²) in [6, 6.07) is 1.13. The second-order valence-electron chi connectivity index (χ2n) is 17.6. The first-order valence-corrected chi connectivity index (χ1v) is 20.1. The molecule has 0 saturated carbocycles. The molecule has 0 aliphatic carbocycles. The molecule has 46 heavy (non-hydrogen) atoms. The Bertz CT molecular complexity index is 683. The molecule has 0 spiro atoms. The van der Waals surface area contributed by atoms with E-state index in [0.717, 1.165) is 52.0 Å². The third kappa shape index (κ3) is 15.1. The summed E-state index contributed by atoms with van der Waals surface area (Å²) in [6.45, 7) is 27.5. The molecule has 2 N–H and O–H groups in total. The molecule has 2 heterocycles. The zero-order chi connectivity index (χ0) is 34.1. The highest BCUT2D eigenvalue weighted by Crippen LogP contribution is 2.40. The van der Waals surface area contributed by atoms with Crippen LogP contribution in [0.4, 0.5) is 0 Å². The normalized spacial score (nSPS) is 22.0. The molecule has 0 atom stereocenters. The van der Waals surface area contributed by atoms with Gasteiger partial charge < -0.3 is 10.6 Å². The highest BCUT2D eigenvalue weighted by Gasteiger charge is 2.47. The summed E-state index contributed by atoms with van der Waals surface area (Å²) >= 11 is 0. The Morgan fingerprint density at radius 1 is 0.435 bits per heavy atom. The molecular formula is C40H82N4O2. The summed E-state index contributed by atoms with van der Waals surface area (Å²) in [7, 11) is 0. The lowest BCUT2D eigenvalue weighted by Gasteiger charge is -2.54. The van der Waals surface area contributed by atoms with Crippen molar-refractivity contribution in [3.63, 3.8) is 0 Å². The summed E-state index contributed by atoms with van der Waals surface area (Å²) in [4.78, 5) is 12.9. The van der Waals surface area contributed by atoms with Gasteiger partial charge in [0.2, 0.25) is 0 Å². The highest BCUT2D eigenvalue weighted by atomic mass is 16.7. The minimum absolute atomic E-state index is 0.0482. The zero-order valence-electron chi connectivity index (χ0n) is 32.8. The maximum absolute atomic E-state index is 6.45. The van der Waals surface area contributed by atoms with E-state index in [-0.39, 0.29) is 22.2 Å². The van der Waals surface area contributed by atoms with Crippen LogP contribution < -0.4 is 10.6 Å². The Hall–Kier alpha value is -0.240. The third-order valence-corrected chi connectivity index (χ3v) is 10.6. The van der Waals surface area contributed by atoms with Gasteiger partial charge in [-0.2, -0.15) is 10.1 Å². The van der Waals surface area contributed by atoms with Crippen LogP contribution in [0.3, 0.4) is 0 Å². The fourth-order valence-electron chi connectivity index (χ4n) is 8.81. The molecule has 0 aromatic carbocycles. The molecule has 274 valence electrons. The van der Waals surface area contributed by atoms with E-state index in [1.807, 2.05) is 0 Å². The monoisotopic (exact) mass is 651 g/mol. The molecule has 2 aliphatic rings. The van der Waals surface area contributed by atoms with Crippen molar-refractivity contribution in [3.8, 4) is 0 Å². The number of nitrogens with one attached hydrogen (secondary N) is 2. The zero-order valence-corrected chi connectivity index (χ0v) is 32.8. The van der Waals surface area contributed by atoms with Crippen LogP contribution in [0.25, 0.3) is 0 Å². The first-order valence-electron chi connectivity index (χ1n) is 20.1. The van der Waals surface area contributed by atoms with Crippen molar-refractivity contribution in [1.82, 2.24) is 20.8 Å². The van der Waals surface area contributed by atoms with Gasteiger partial charge in [0, 0.05) is 34.2 Å². The van der Waals surface area contributed by atoms with Gasteiger partial charge in [-0.1, -0.05) is 90.9 Å². The molecule has 2 fully saturated rings. The van der Waals surface area contributed by atoms with Gasteiger partial charge in [-0.3, -0.25) is 9.68 Å². The SMILES string of the molecule is CCCCCCCCON1C(C)(C)CC(NCCCCCCNC2CC(C)(C)N(OCCCCCCCC)C(C)(C)C2)CC1(C)C. The third-order valence-electron chi connectivity index (χ3n) is 10.6. The van der Waals surface area contributed by atoms with Crippen LogP contribution in [-0.4, -0.2) is 70.7 Å². The van der Waals surface area contributed by atoms with E-state index in [4.69, 9.17) is 9.68 Å². The van der Waals surface area contributed by atoms with Gasteiger partial charge in [-0.25, -0.2) is 0 Å². The second kappa shape index (κ2) is 21.1. The van der Waals surface area contributed by atoms with Crippen molar-refractivity contribution in [2.45, 2.75) is 232 Å². The largest absolute Gasteiger partial charge is 0.314 e. The Balaban J connectivity index is 1.59. The maximum atomic E-state index is 6.45. The summed E-state index contributed by atoms with van der Waals surface area (Å²) in [5.41, 5.74) is 0.193. The van der Waals surface area contributed by atoms with E-state index < -0.39 is 0 Å². The fourth-order valence-corrected chi connectivity index (χ4v) is 8.81. The molecule has 0 amide bonds. The molecule has 0 radical (unpaired) electrons. The van der Waals surface area contributed by atoms with Crippen molar-refractivity contribution in [2.75, 3.05) is 26.3 Å². The van der Waals surface area contributed by atoms with Gasteiger partial charge in [0.15, 0.2) is 0 Å². The second-order valence-corrected chi connectivity index (χ2v) is 17.6. The number of unbranched alkanes of at least 4 members (excludes halogenated alkanes) is 13. The molecule has 0 bridgehead atoms. The topological polar surface area (TPSA) is 49.0 Å². The van der Waals surface area contributed by atoms with Crippen molar-refractivity contribution in [3.05, 3.63) is 0 Å². The van der Waals surface area contributed by atoms with Crippen LogP contribution in [0.2, 0.25) is 0 Å². The number of nitrogens with zero attached hydrogens (tertiary/aromatic N) is 2. The molecule has 6 heteroatoms. The van der Waals surface area contributed by atoms with Crippen LogP contribution in [0.5, 0.6) is 0 Å². The van der Waals surface area contributed by atoms with Gasteiger partial charge >= 0.3 is 0 Å².